The van der Waals surface area contributed by atoms with E-state index in [1.807, 2.05) is 0 Å². The van der Waals surface area contributed by atoms with Gasteiger partial charge in [0.2, 0.25) is 0 Å². The Hall–Kier alpha value is -0.860. The Kier molecular flexibility index (Phi) is 5.62. The van der Waals surface area contributed by atoms with Gasteiger partial charge < -0.3 is 5.32 Å². The fraction of sp³-hybridized carbons (Fsp3) is 0.667. The Labute approximate surface area is 124 Å². The normalized spacial score (nSPS) is 18.4. The number of hydrogen-bond acceptors (Lipinski definition) is 2. The fourth-order valence-corrected chi connectivity index (χ4v) is 3.35. The van der Waals surface area contributed by atoms with Gasteiger partial charge in [0, 0.05) is 32.2 Å². The molecule has 0 unspecified atom stereocenters. The molecule has 1 aromatic rings. The van der Waals surface area contributed by atoms with Crippen molar-refractivity contribution in [3.63, 3.8) is 0 Å². The van der Waals surface area contributed by atoms with Crippen molar-refractivity contribution in [2.24, 2.45) is 5.92 Å². The third-order valence-electron chi connectivity index (χ3n) is 4.49. The Balaban J connectivity index is 2.24. The van der Waals surface area contributed by atoms with Crippen molar-refractivity contribution in [3.05, 3.63) is 34.9 Å². The Morgan fingerprint density at radius 3 is 2.20 bits per heavy atom. The maximum atomic E-state index is 3.47. The van der Waals surface area contributed by atoms with Crippen molar-refractivity contribution in [1.29, 1.82) is 0 Å². The van der Waals surface area contributed by atoms with Gasteiger partial charge in [-0.25, -0.2) is 0 Å². The van der Waals surface area contributed by atoms with E-state index in [2.05, 4.69) is 56.1 Å². The lowest BCUT2D eigenvalue weighted by Gasteiger charge is -2.37. The average Bonchev–Trinajstić information content (AvgIpc) is 2.42. The molecule has 1 atom stereocenters. The van der Waals surface area contributed by atoms with Crippen molar-refractivity contribution in [1.82, 2.24) is 10.2 Å². The van der Waals surface area contributed by atoms with Crippen LogP contribution in [0.2, 0.25) is 0 Å². The highest BCUT2D eigenvalue weighted by atomic mass is 15.2. The monoisotopic (exact) mass is 274 g/mol. The van der Waals surface area contributed by atoms with E-state index in [4.69, 9.17) is 0 Å². The van der Waals surface area contributed by atoms with Crippen LogP contribution < -0.4 is 5.32 Å². The minimum atomic E-state index is 0.598. The van der Waals surface area contributed by atoms with Crippen LogP contribution in [0.4, 0.5) is 0 Å². The van der Waals surface area contributed by atoms with E-state index in [1.165, 1.54) is 37.1 Å². The first kappa shape index (κ1) is 15.5. The molecule has 0 saturated carbocycles. The number of aryl methyl sites for hydroxylation is 2. The van der Waals surface area contributed by atoms with E-state index in [-0.39, 0.29) is 0 Å². The Morgan fingerprint density at radius 1 is 1.05 bits per heavy atom. The first-order chi connectivity index (χ1) is 9.59. The molecule has 2 heteroatoms. The standard InChI is InChI=1S/C18H30N2/c1-14(2)8-9-17(20-12-10-19-11-13-20)18-15(3)6-5-7-16(18)4/h5-7,14,17,19H,8-13H2,1-4H3/t17-/m0/s1. The minimum Gasteiger partial charge on any atom is -0.314 e. The largest absolute Gasteiger partial charge is 0.314 e. The summed E-state index contributed by atoms with van der Waals surface area (Å²) in [5.74, 6) is 0.782. The van der Waals surface area contributed by atoms with Gasteiger partial charge in [-0.1, -0.05) is 32.0 Å². The molecule has 1 aliphatic rings. The fourth-order valence-electron chi connectivity index (χ4n) is 3.35. The SMILES string of the molecule is Cc1cccc(C)c1[C@H](CCC(C)C)N1CCNCC1. The van der Waals surface area contributed by atoms with Gasteiger partial charge in [0.25, 0.3) is 0 Å². The topological polar surface area (TPSA) is 15.3 Å². The molecule has 2 rings (SSSR count). The van der Waals surface area contributed by atoms with Crippen LogP contribution in [-0.4, -0.2) is 31.1 Å². The van der Waals surface area contributed by atoms with Crippen molar-refractivity contribution >= 4 is 0 Å². The van der Waals surface area contributed by atoms with Crippen molar-refractivity contribution in [2.45, 2.75) is 46.6 Å². The molecule has 1 aromatic carbocycles. The van der Waals surface area contributed by atoms with Crippen LogP contribution in [0.25, 0.3) is 0 Å². The molecule has 0 aromatic heterocycles. The quantitative estimate of drug-likeness (QED) is 0.881. The number of nitrogens with one attached hydrogen (secondary N) is 1. The molecule has 112 valence electrons. The van der Waals surface area contributed by atoms with Gasteiger partial charge in [-0.05, 0) is 49.3 Å². The Morgan fingerprint density at radius 2 is 1.65 bits per heavy atom. The van der Waals surface area contributed by atoms with E-state index < -0.39 is 0 Å². The van der Waals surface area contributed by atoms with Crippen LogP contribution in [0.1, 0.15) is 49.4 Å². The first-order valence-electron chi connectivity index (χ1n) is 8.10. The highest BCUT2D eigenvalue weighted by molar-refractivity contribution is 5.36. The summed E-state index contributed by atoms with van der Waals surface area (Å²) in [5, 5.41) is 3.47. The zero-order chi connectivity index (χ0) is 14.5. The van der Waals surface area contributed by atoms with E-state index in [1.54, 1.807) is 5.56 Å². The molecule has 20 heavy (non-hydrogen) atoms. The van der Waals surface area contributed by atoms with E-state index in [0.29, 0.717) is 6.04 Å². The lowest BCUT2D eigenvalue weighted by atomic mass is 9.90. The summed E-state index contributed by atoms with van der Waals surface area (Å²) in [6.07, 6.45) is 2.59. The van der Waals surface area contributed by atoms with Crippen LogP contribution >= 0.6 is 0 Å². The molecule has 1 aliphatic heterocycles. The summed E-state index contributed by atoms with van der Waals surface area (Å²) in [5.41, 5.74) is 4.49. The molecule has 0 aliphatic carbocycles. The summed E-state index contributed by atoms with van der Waals surface area (Å²) in [6.45, 7) is 13.8. The van der Waals surface area contributed by atoms with Gasteiger partial charge >= 0.3 is 0 Å². The molecule has 0 radical (unpaired) electrons. The highest BCUT2D eigenvalue weighted by Crippen LogP contribution is 2.32. The van der Waals surface area contributed by atoms with Crippen LogP contribution in [0.5, 0.6) is 0 Å². The van der Waals surface area contributed by atoms with Gasteiger partial charge in [0.15, 0.2) is 0 Å². The molecular formula is C18H30N2. The summed E-state index contributed by atoms with van der Waals surface area (Å²) in [4.78, 5) is 2.69. The van der Waals surface area contributed by atoms with Crippen LogP contribution in [0, 0.1) is 19.8 Å². The summed E-state index contributed by atoms with van der Waals surface area (Å²) in [6, 6.07) is 7.33. The molecular weight excluding hydrogens is 244 g/mol. The maximum Gasteiger partial charge on any atom is 0.0354 e. The lowest BCUT2D eigenvalue weighted by molar-refractivity contribution is 0.159. The predicted octanol–water partition coefficient (Wildman–Crippen LogP) is 3.69. The number of nitrogens with zero attached hydrogens (tertiary/aromatic N) is 1. The molecule has 1 fully saturated rings. The molecule has 1 N–H and O–H groups in total. The third kappa shape index (κ3) is 3.83. The Bertz CT molecular complexity index is 399. The van der Waals surface area contributed by atoms with Crippen molar-refractivity contribution < 1.29 is 0 Å². The van der Waals surface area contributed by atoms with Crippen LogP contribution in [-0.2, 0) is 0 Å². The summed E-state index contributed by atoms with van der Waals surface area (Å²) >= 11 is 0. The minimum absolute atomic E-state index is 0.598. The second-order valence-electron chi connectivity index (χ2n) is 6.58. The summed E-state index contributed by atoms with van der Waals surface area (Å²) in [7, 11) is 0. The van der Waals surface area contributed by atoms with Gasteiger partial charge in [-0.15, -0.1) is 0 Å². The number of piperazine rings is 1. The van der Waals surface area contributed by atoms with Crippen molar-refractivity contribution in [2.75, 3.05) is 26.2 Å². The zero-order valence-corrected chi connectivity index (χ0v) is 13.6. The highest BCUT2D eigenvalue weighted by Gasteiger charge is 2.24. The molecule has 1 heterocycles. The van der Waals surface area contributed by atoms with E-state index >= 15 is 0 Å². The third-order valence-corrected chi connectivity index (χ3v) is 4.49. The van der Waals surface area contributed by atoms with Crippen molar-refractivity contribution in [3.8, 4) is 0 Å². The second kappa shape index (κ2) is 7.24. The molecule has 1 saturated heterocycles. The van der Waals surface area contributed by atoms with Gasteiger partial charge in [0.1, 0.15) is 0 Å². The second-order valence-corrected chi connectivity index (χ2v) is 6.58. The maximum absolute atomic E-state index is 3.47. The number of hydrogen-bond donors (Lipinski definition) is 1. The average molecular weight is 274 g/mol. The first-order valence-corrected chi connectivity index (χ1v) is 8.10. The zero-order valence-electron chi connectivity index (χ0n) is 13.6. The molecule has 2 nitrogen and oxygen atoms in total. The van der Waals surface area contributed by atoms with E-state index in [0.717, 1.165) is 19.0 Å². The lowest BCUT2D eigenvalue weighted by Crippen LogP contribution is -2.45. The molecule has 0 bridgehead atoms. The van der Waals surface area contributed by atoms with Gasteiger partial charge in [0.05, 0.1) is 0 Å². The van der Waals surface area contributed by atoms with Crippen LogP contribution in [0.15, 0.2) is 18.2 Å². The predicted molar refractivity (Wildman–Crippen MR) is 87.2 cm³/mol. The number of benzene rings is 1. The van der Waals surface area contributed by atoms with Crippen LogP contribution in [0.3, 0.4) is 0 Å². The van der Waals surface area contributed by atoms with E-state index in [9.17, 15) is 0 Å². The van der Waals surface area contributed by atoms with Gasteiger partial charge in [-0.2, -0.15) is 0 Å². The van der Waals surface area contributed by atoms with Gasteiger partial charge in [-0.3, -0.25) is 4.90 Å². The summed E-state index contributed by atoms with van der Waals surface area (Å²) < 4.78 is 0. The smallest absolute Gasteiger partial charge is 0.0354 e. The molecule has 0 spiro atoms. The molecule has 0 amide bonds. The number of rotatable bonds is 5.